The summed E-state index contributed by atoms with van der Waals surface area (Å²) in [5.74, 6) is 0.878. The molecule has 0 aliphatic heterocycles. The highest BCUT2D eigenvalue weighted by Crippen LogP contribution is 2.28. The molecule has 2 aromatic carbocycles. The molecule has 0 saturated heterocycles. The predicted molar refractivity (Wildman–Crippen MR) is 84.0 cm³/mol. The van der Waals surface area contributed by atoms with Crippen LogP contribution in [-0.2, 0) is 5.54 Å². The van der Waals surface area contributed by atoms with E-state index in [1.807, 2.05) is 45.0 Å². The Morgan fingerprint density at radius 3 is 1.80 bits per heavy atom. The Kier molecular flexibility index (Phi) is 4.15. The van der Waals surface area contributed by atoms with Crippen LogP contribution in [0.15, 0.2) is 48.5 Å². The van der Waals surface area contributed by atoms with E-state index in [2.05, 4.69) is 31.2 Å². The molecule has 1 atom stereocenters. The lowest BCUT2D eigenvalue weighted by molar-refractivity contribution is 0.242. The highest BCUT2D eigenvalue weighted by molar-refractivity contribution is 5.40. The van der Waals surface area contributed by atoms with Gasteiger partial charge in [0.2, 0.25) is 0 Å². The molecule has 2 heteroatoms. The average Bonchev–Trinajstić information content (AvgIpc) is 2.39. The fraction of sp³-hybridized carbons (Fsp3) is 0.333. The maximum Gasteiger partial charge on any atom is 0.119 e. The van der Waals surface area contributed by atoms with Crippen LogP contribution in [-0.4, -0.2) is 6.10 Å². The molecule has 0 saturated carbocycles. The van der Waals surface area contributed by atoms with E-state index >= 15 is 0 Å². The zero-order chi connectivity index (χ0) is 14.8. The lowest BCUT2D eigenvalue weighted by atomic mass is 9.85. The topological polar surface area (TPSA) is 35.2 Å². The van der Waals surface area contributed by atoms with E-state index in [9.17, 15) is 0 Å². The number of rotatable bonds is 4. The molecule has 0 bridgehead atoms. The van der Waals surface area contributed by atoms with Crippen LogP contribution in [0.25, 0.3) is 0 Å². The zero-order valence-electron chi connectivity index (χ0n) is 12.7. The van der Waals surface area contributed by atoms with Crippen LogP contribution in [0.3, 0.4) is 0 Å². The van der Waals surface area contributed by atoms with Gasteiger partial charge in [0.15, 0.2) is 0 Å². The van der Waals surface area contributed by atoms with Crippen LogP contribution in [0, 0.1) is 6.92 Å². The van der Waals surface area contributed by atoms with Crippen LogP contribution in [0.4, 0.5) is 0 Å². The van der Waals surface area contributed by atoms with Gasteiger partial charge in [0.1, 0.15) is 5.75 Å². The lowest BCUT2D eigenvalue weighted by Gasteiger charge is -2.26. The highest BCUT2D eigenvalue weighted by atomic mass is 16.5. The van der Waals surface area contributed by atoms with Gasteiger partial charge >= 0.3 is 0 Å². The first-order valence-corrected chi connectivity index (χ1v) is 7.03. The number of hydrogen-bond acceptors (Lipinski definition) is 2. The van der Waals surface area contributed by atoms with Crippen LogP contribution in [0.5, 0.6) is 5.75 Å². The molecule has 0 radical (unpaired) electrons. The Morgan fingerprint density at radius 1 is 0.900 bits per heavy atom. The van der Waals surface area contributed by atoms with E-state index in [0.717, 1.165) is 16.9 Å². The van der Waals surface area contributed by atoms with Gasteiger partial charge in [-0.3, -0.25) is 0 Å². The van der Waals surface area contributed by atoms with Crippen molar-refractivity contribution in [2.75, 3.05) is 0 Å². The molecule has 106 valence electrons. The van der Waals surface area contributed by atoms with Gasteiger partial charge in [-0.1, -0.05) is 42.0 Å². The summed E-state index contributed by atoms with van der Waals surface area (Å²) in [5, 5.41) is 0. The molecule has 1 unspecified atom stereocenters. The van der Waals surface area contributed by atoms with Crippen molar-refractivity contribution in [3.05, 3.63) is 65.2 Å². The third-order valence-electron chi connectivity index (χ3n) is 3.48. The quantitative estimate of drug-likeness (QED) is 0.910. The largest absolute Gasteiger partial charge is 0.491 e. The van der Waals surface area contributed by atoms with E-state index in [1.54, 1.807) is 0 Å². The van der Waals surface area contributed by atoms with Gasteiger partial charge < -0.3 is 10.5 Å². The standard InChI is InChI=1S/C18H23NO/c1-13(2)20-17-11-9-16(10-12-17)18(4,19)15-7-5-14(3)6-8-15/h5-13H,19H2,1-4H3. The number of benzene rings is 2. The monoisotopic (exact) mass is 269 g/mol. The van der Waals surface area contributed by atoms with Gasteiger partial charge in [-0.05, 0) is 51.0 Å². The molecule has 0 aliphatic rings. The van der Waals surface area contributed by atoms with Gasteiger partial charge in [-0.2, -0.15) is 0 Å². The highest BCUT2D eigenvalue weighted by Gasteiger charge is 2.23. The van der Waals surface area contributed by atoms with E-state index in [4.69, 9.17) is 10.5 Å². The SMILES string of the molecule is Cc1ccc(C(C)(N)c2ccc(OC(C)C)cc2)cc1. The Hall–Kier alpha value is -1.80. The van der Waals surface area contributed by atoms with Crippen molar-refractivity contribution in [2.24, 2.45) is 5.73 Å². The summed E-state index contributed by atoms with van der Waals surface area (Å²) in [6, 6.07) is 16.4. The van der Waals surface area contributed by atoms with E-state index in [0.29, 0.717) is 0 Å². The van der Waals surface area contributed by atoms with Crippen LogP contribution in [0.2, 0.25) is 0 Å². The second-order valence-electron chi connectivity index (χ2n) is 5.76. The first-order chi connectivity index (χ1) is 9.39. The summed E-state index contributed by atoms with van der Waals surface area (Å²) in [6.07, 6.45) is 0.183. The normalized spacial score (nSPS) is 14.1. The van der Waals surface area contributed by atoms with Gasteiger partial charge in [0.05, 0.1) is 11.6 Å². The van der Waals surface area contributed by atoms with Gasteiger partial charge in [-0.15, -0.1) is 0 Å². The molecule has 0 heterocycles. The third kappa shape index (κ3) is 3.20. The summed E-state index contributed by atoms with van der Waals surface area (Å²) in [6.45, 7) is 8.16. The Bertz CT molecular complexity index is 553. The van der Waals surface area contributed by atoms with Crippen molar-refractivity contribution in [2.45, 2.75) is 39.3 Å². The molecule has 0 aromatic heterocycles. The molecule has 2 rings (SSSR count). The fourth-order valence-corrected chi connectivity index (χ4v) is 2.22. The Morgan fingerprint density at radius 2 is 1.35 bits per heavy atom. The third-order valence-corrected chi connectivity index (χ3v) is 3.48. The predicted octanol–water partition coefficient (Wildman–Crippen LogP) is 4.00. The van der Waals surface area contributed by atoms with Crippen molar-refractivity contribution < 1.29 is 4.74 Å². The Balaban J connectivity index is 2.27. The zero-order valence-corrected chi connectivity index (χ0v) is 12.7. The minimum atomic E-state index is -0.496. The van der Waals surface area contributed by atoms with Crippen molar-refractivity contribution >= 4 is 0 Å². The fourth-order valence-electron chi connectivity index (χ4n) is 2.22. The van der Waals surface area contributed by atoms with Crippen molar-refractivity contribution in [1.82, 2.24) is 0 Å². The smallest absolute Gasteiger partial charge is 0.119 e. The molecule has 2 nitrogen and oxygen atoms in total. The van der Waals surface area contributed by atoms with Crippen molar-refractivity contribution in [3.63, 3.8) is 0 Å². The summed E-state index contributed by atoms with van der Waals surface area (Å²) in [4.78, 5) is 0. The molecule has 2 aromatic rings. The molecule has 20 heavy (non-hydrogen) atoms. The first kappa shape index (κ1) is 14.6. The number of nitrogens with two attached hydrogens (primary N) is 1. The maximum atomic E-state index is 6.52. The average molecular weight is 269 g/mol. The van der Waals surface area contributed by atoms with E-state index in [1.165, 1.54) is 5.56 Å². The maximum absolute atomic E-state index is 6.52. The summed E-state index contributed by atoms with van der Waals surface area (Å²) in [5.41, 5.74) is 9.46. The number of ether oxygens (including phenoxy) is 1. The molecule has 0 fully saturated rings. The molecular formula is C18H23NO. The summed E-state index contributed by atoms with van der Waals surface area (Å²) in [7, 11) is 0. The lowest BCUT2D eigenvalue weighted by Crippen LogP contribution is -2.34. The van der Waals surface area contributed by atoms with Crippen LogP contribution < -0.4 is 10.5 Å². The number of hydrogen-bond donors (Lipinski definition) is 1. The van der Waals surface area contributed by atoms with Crippen molar-refractivity contribution in [1.29, 1.82) is 0 Å². The van der Waals surface area contributed by atoms with Gasteiger partial charge in [0.25, 0.3) is 0 Å². The Labute approximate surface area is 121 Å². The second kappa shape index (κ2) is 5.68. The second-order valence-corrected chi connectivity index (χ2v) is 5.76. The molecule has 2 N–H and O–H groups in total. The first-order valence-electron chi connectivity index (χ1n) is 7.03. The van der Waals surface area contributed by atoms with E-state index in [-0.39, 0.29) is 6.10 Å². The number of aryl methyl sites for hydroxylation is 1. The van der Waals surface area contributed by atoms with E-state index < -0.39 is 5.54 Å². The minimum Gasteiger partial charge on any atom is -0.491 e. The summed E-state index contributed by atoms with van der Waals surface area (Å²) < 4.78 is 5.66. The van der Waals surface area contributed by atoms with Gasteiger partial charge in [-0.25, -0.2) is 0 Å². The molecule has 0 aliphatic carbocycles. The van der Waals surface area contributed by atoms with Crippen molar-refractivity contribution in [3.8, 4) is 5.75 Å². The van der Waals surface area contributed by atoms with Crippen LogP contribution >= 0.6 is 0 Å². The van der Waals surface area contributed by atoms with Crippen LogP contribution in [0.1, 0.15) is 37.5 Å². The molecular weight excluding hydrogens is 246 g/mol. The molecule has 0 spiro atoms. The molecule has 0 amide bonds. The van der Waals surface area contributed by atoms with Gasteiger partial charge in [0, 0.05) is 0 Å². The minimum absolute atomic E-state index is 0.183. The summed E-state index contributed by atoms with van der Waals surface area (Å²) >= 11 is 0.